The van der Waals surface area contributed by atoms with E-state index in [1.165, 1.54) is 25.7 Å². The molecule has 0 radical (unpaired) electrons. The lowest BCUT2D eigenvalue weighted by molar-refractivity contribution is 0.0695. The van der Waals surface area contributed by atoms with Crippen LogP contribution < -0.4 is 0 Å². The summed E-state index contributed by atoms with van der Waals surface area (Å²) >= 11 is 0. The van der Waals surface area contributed by atoms with Gasteiger partial charge in [0.2, 0.25) is 0 Å². The van der Waals surface area contributed by atoms with Crippen LogP contribution in [0.5, 0.6) is 0 Å². The minimum atomic E-state index is -0.812. The summed E-state index contributed by atoms with van der Waals surface area (Å²) in [6.07, 6.45) is 5.00. The average molecular weight is 235 g/mol. The summed E-state index contributed by atoms with van der Waals surface area (Å²) in [5.74, 6) is -0.164. The molecule has 17 heavy (non-hydrogen) atoms. The number of carboxylic acid groups (broad SMARTS) is 1. The van der Waals surface area contributed by atoms with Gasteiger partial charge in [-0.2, -0.15) is 0 Å². The van der Waals surface area contributed by atoms with Gasteiger partial charge in [0, 0.05) is 17.4 Å². The van der Waals surface area contributed by atoms with Crippen LogP contribution in [-0.2, 0) is 0 Å². The lowest BCUT2D eigenvalue weighted by Crippen LogP contribution is -2.23. The first kappa shape index (κ1) is 12.2. The lowest BCUT2D eigenvalue weighted by Gasteiger charge is -2.32. The highest BCUT2D eigenvalue weighted by molar-refractivity contribution is 5.89. The highest BCUT2D eigenvalue weighted by atomic mass is 16.4. The van der Waals surface area contributed by atoms with Crippen LogP contribution >= 0.6 is 0 Å². The molecule has 2 rings (SSSR count). The Morgan fingerprint density at radius 3 is 2.53 bits per heavy atom. The molecule has 1 N–H and O–H groups in total. The van der Waals surface area contributed by atoms with Gasteiger partial charge in [-0.25, -0.2) is 4.79 Å². The second-order valence-electron chi connectivity index (χ2n) is 5.29. The summed E-state index contributed by atoms with van der Waals surface area (Å²) in [4.78, 5) is 11.1. The number of aromatic nitrogens is 1. The number of hydrogen-bond acceptors (Lipinski definition) is 1. The standard InChI is InChI=1S/C14H21NO2/c1-9-6-4-5-7-13(9)15-10(2)8-12(11(15)3)14(16)17/h8-9,13H,4-7H2,1-3H3,(H,16,17). The molecule has 0 amide bonds. The fraction of sp³-hybridized carbons (Fsp3) is 0.643. The van der Waals surface area contributed by atoms with Crippen LogP contribution in [0.1, 0.15) is 60.4 Å². The summed E-state index contributed by atoms with van der Waals surface area (Å²) in [5, 5.41) is 9.15. The maximum absolute atomic E-state index is 11.1. The van der Waals surface area contributed by atoms with E-state index in [1.807, 2.05) is 13.8 Å². The van der Waals surface area contributed by atoms with Crippen LogP contribution in [0.15, 0.2) is 6.07 Å². The average Bonchev–Trinajstić information content (AvgIpc) is 2.56. The first-order chi connectivity index (χ1) is 8.02. The monoisotopic (exact) mass is 235 g/mol. The van der Waals surface area contributed by atoms with Gasteiger partial charge in [-0.05, 0) is 38.7 Å². The number of carboxylic acids is 1. The Morgan fingerprint density at radius 2 is 2.00 bits per heavy atom. The number of rotatable bonds is 2. The normalized spacial score (nSPS) is 24.9. The topological polar surface area (TPSA) is 42.2 Å². The minimum absolute atomic E-state index is 0.459. The van der Waals surface area contributed by atoms with Crippen molar-refractivity contribution >= 4 is 5.97 Å². The van der Waals surface area contributed by atoms with Crippen molar-refractivity contribution in [1.82, 2.24) is 4.57 Å². The zero-order chi connectivity index (χ0) is 12.6. The van der Waals surface area contributed by atoms with E-state index in [9.17, 15) is 4.79 Å². The van der Waals surface area contributed by atoms with Crippen molar-refractivity contribution in [2.24, 2.45) is 5.92 Å². The van der Waals surface area contributed by atoms with E-state index in [-0.39, 0.29) is 0 Å². The van der Waals surface area contributed by atoms with Crippen molar-refractivity contribution in [3.63, 3.8) is 0 Å². The molecule has 2 unspecified atom stereocenters. The molecule has 3 nitrogen and oxygen atoms in total. The third kappa shape index (κ3) is 2.11. The van der Waals surface area contributed by atoms with Crippen LogP contribution in [0, 0.1) is 19.8 Å². The van der Waals surface area contributed by atoms with E-state index in [4.69, 9.17) is 5.11 Å². The van der Waals surface area contributed by atoms with E-state index in [0.717, 1.165) is 11.4 Å². The fourth-order valence-corrected chi connectivity index (χ4v) is 3.18. The summed E-state index contributed by atoms with van der Waals surface area (Å²) in [6, 6.07) is 2.29. The predicted molar refractivity (Wildman–Crippen MR) is 67.5 cm³/mol. The molecule has 0 bridgehead atoms. The summed E-state index contributed by atoms with van der Waals surface area (Å²) in [7, 11) is 0. The fourth-order valence-electron chi connectivity index (χ4n) is 3.18. The van der Waals surface area contributed by atoms with Gasteiger partial charge in [-0.3, -0.25) is 0 Å². The van der Waals surface area contributed by atoms with Crippen molar-refractivity contribution in [3.8, 4) is 0 Å². The van der Waals surface area contributed by atoms with E-state index in [1.54, 1.807) is 6.07 Å². The second kappa shape index (κ2) is 4.55. The van der Waals surface area contributed by atoms with E-state index in [2.05, 4.69) is 11.5 Å². The molecule has 1 fully saturated rings. The van der Waals surface area contributed by atoms with Gasteiger partial charge in [0.15, 0.2) is 0 Å². The van der Waals surface area contributed by atoms with Gasteiger partial charge in [0.05, 0.1) is 5.56 Å². The zero-order valence-corrected chi connectivity index (χ0v) is 10.9. The molecule has 0 aliphatic heterocycles. The molecule has 1 heterocycles. The number of nitrogens with zero attached hydrogens (tertiary/aromatic N) is 1. The maximum Gasteiger partial charge on any atom is 0.337 e. The number of aryl methyl sites for hydroxylation is 1. The second-order valence-corrected chi connectivity index (χ2v) is 5.29. The van der Waals surface area contributed by atoms with Gasteiger partial charge in [0.1, 0.15) is 0 Å². The smallest absolute Gasteiger partial charge is 0.337 e. The molecule has 1 aliphatic rings. The van der Waals surface area contributed by atoms with Crippen LogP contribution in [0.2, 0.25) is 0 Å². The van der Waals surface area contributed by atoms with E-state index < -0.39 is 5.97 Å². The van der Waals surface area contributed by atoms with E-state index >= 15 is 0 Å². The Balaban J connectivity index is 2.40. The van der Waals surface area contributed by atoms with Crippen molar-refractivity contribution in [3.05, 3.63) is 23.0 Å². The van der Waals surface area contributed by atoms with Crippen LogP contribution in [0.4, 0.5) is 0 Å². The van der Waals surface area contributed by atoms with Crippen molar-refractivity contribution < 1.29 is 9.90 Å². The Labute approximate surface area is 102 Å². The zero-order valence-electron chi connectivity index (χ0n) is 10.9. The highest BCUT2D eigenvalue weighted by Gasteiger charge is 2.26. The Kier molecular flexibility index (Phi) is 3.27. The quantitative estimate of drug-likeness (QED) is 0.851. The molecule has 1 aromatic rings. The van der Waals surface area contributed by atoms with Crippen LogP contribution in [0.25, 0.3) is 0 Å². The van der Waals surface area contributed by atoms with Gasteiger partial charge >= 0.3 is 5.97 Å². The molecule has 1 aliphatic carbocycles. The first-order valence-electron chi connectivity index (χ1n) is 6.44. The van der Waals surface area contributed by atoms with Crippen LogP contribution in [-0.4, -0.2) is 15.6 Å². The third-order valence-corrected chi connectivity index (χ3v) is 4.11. The molecule has 0 saturated heterocycles. The number of aromatic carboxylic acids is 1. The molecule has 2 atom stereocenters. The summed E-state index contributed by atoms with van der Waals surface area (Å²) in [5.41, 5.74) is 2.45. The predicted octanol–water partition coefficient (Wildman–Crippen LogP) is 3.55. The Bertz CT molecular complexity index is 434. The molecular weight excluding hydrogens is 214 g/mol. The van der Waals surface area contributed by atoms with Gasteiger partial charge < -0.3 is 9.67 Å². The molecule has 0 spiro atoms. The largest absolute Gasteiger partial charge is 0.478 e. The van der Waals surface area contributed by atoms with Gasteiger partial charge in [-0.1, -0.05) is 19.8 Å². The van der Waals surface area contributed by atoms with Crippen molar-refractivity contribution in [2.45, 2.75) is 52.5 Å². The lowest BCUT2D eigenvalue weighted by atomic mass is 9.85. The molecule has 94 valence electrons. The van der Waals surface area contributed by atoms with E-state index in [0.29, 0.717) is 17.5 Å². The third-order valence-electron chi connectivity index (χ3n) is 4.11. The summed E-state index contributed by atoms with van der Waals surface area (Å²) in [6.45, 7) is 6.22. The highest BCUT2D eigenvalue weighted by Crippen LogP contribution is 2.36. The van der Waals surface area contributed by atoms with Crippen molar-refractivity contribution in [2.75, 3.05) is 0 Å². The molecular formula is C14H21NO2. The summed E-state index contributed by atoms with van der Waals surface area (Å²) < 4.78 is 2.24. The molecule has 1 saturated carbocycles. The number of hydrogen-bond donors (Lipinski definition) is 1. The van der Waals surface area contributed by atoms with Crippen molar-refractivity contribution in [1.29, 1.82) is 0 Å². The minimum Gasteiger partial charge on any atom is -0.478 e. The SMILES string of the molecule is Cc1cc(C(=O)O)c(C)n1C1CCCCC1C. The number of carbonyl (C=O) groups is 1. The van der Waals surface area contributed by atoms with Crippen LogP contribution in [0.3, 0.4) is 0 Å². The molecule has 3 heteroatoms. The van der Waals surface area contributed by atoms with Gasteiger partial charge in [-0.15, -0.1) is 0 Å². The molecule has 1 aromatic heterocycles. The first-order valence-corrected chi connectivity index (χ1v) is 6.44. The van der Waals surface area contributed by atoms with Gasteiger partial charge in [0.25, 0.3) is 0 Å². The Morgan fingerprint density at radius 1 is 1.35 bits per heavy atom. The maximum atomic E-state index is 11.1. The Hall–Kier alpha value is -1.25. The molecule has 0 aromatic carbocycles.